The summed E-state index contributed by atoms with van der Waals surface area (Å²) in [6.45, 7) is 0. The SMILES string of the molecule is Nc1nc(C=O)c(C(F)(F)F)cc1C(F)F. The van der Waals surface area contributed by atoms with Crippen molar-refractivity contribution in [1.29, 1.82) is 0 Å². The zero-order valence-electron chi connectivity index (χ0n) is 7.55. The van der Waals surface area contributed by atoms with Gasteiger partial charge in [-0.1, -0.05) is 0 Å². The summed E-state index contributed by atoms with van der Waals surface area (Å²) in [5.74, 6) is -0.787. The lowest BCUT2D eigenvalue weighted by Gasteiger charge is -2.12. The molecule has 0 aliphatic rings. The Hall–Kier alpha value is -1.73. The average Bonchev–Trinajstić information content (AvgIpc) is 2.14. The fourth-order valence-electron chi connectivity index (χ4n) is 1.05. The Kier molecular flexibility index (Phi) is 3.11. The first kappa shape index (κ1) is 12.3. The van der Waals surface area contributed by atoms with E-state index in [1.54, 1.807) is 0 Å². The molecule has 1 aromatic heterocycles. The van der Waals surface area contributed by atoms with Gasteiger partial charge in [0.25, 0.3) is 6.43 Å². The highest BCUT2D eigenvalue weighted by atomic mass is 19.4. The molecular weight excluding hydrogens is 235 g/mol. The molecule has 0 bridgehead atoms. The number of nitrogen functional groups attached to an aromatic ring is 1. The van der Waals surface area contributed by atoms with Gasteiger partial charge in [-0.3, -0.25) is 4.79 Å². The molecule has 0 unspecified atom stereocenters. The summed E-state index contributed by atoms with van der Waals surface area (Å²) in [7, 11) is 0. The van der Waals surface area contributed by atoms with Crippen LogP contribution in [0.15, 0.2) is 6.07 Å². The fraction of sp³-hybridized carbons (Fsp3) is 0.250. The highest BCUT2D eigenvalue weighted by Crippen LogP contribution is 2.35. The van der Waals surface area contributed by atoms with Crippen molar-refractivity contribution in [3.05, 3.63) is 22.9 Å². The van der Waals surface area contributed by atoms with Crippen molar-refractivity contribution in [2.75, 3.05) is 5.73 Å². The highest BCUT2D eigenvalue weighted by molar-refractivity contribution is 5.76. The van der Waals surface area contributed by atoms with Gasteiger partial charge in [0, 0.05) is 0 Å². The largest absolute Gasteiger partial charge is 0.418 e. The summed E-state index contributed by atoms with van der Waals surface area (Å²) in [6.07, 6.45) is -8.30. The monoisotopic (exact) mass is 240 g/mol. The molecule has 1 rings (SSSR count). The number of aromatic nitrogens is 1. The van der Waals surface area contributed by atoms with Crippen molar-refractivity contribution >= 4 is 12.1 Å². The van der Waals surface area contributed by atoms with Gasteiger partial charge in [0.2, 0.25) is 0 Å². The van der Waals surface area contributed by atoms with Crippen LogP contribution in [0.4, 0.5) is 27.8 Å². The second-order valence-electron chi connectivity index (χ2n) is 2.81. The zero-order valence-corrected chi connectivity index (χ0v) is 7.55. The van der Waals surface area contributed by atoms with Gasteiger partial charge >= 0.3 is 6.18 Å². The molecule has 0 spiro atoms. The first-order valence-corrected chi connectivity index (χ1v) is 3.88. The molecule has 16 heavy (non-hydrogen) atoms. The van der Waals surface area contributed by atoms with E-state index in [2.05, 4.69) is 4.98 Å². The van der Waals surface area contributed by atoms with Gasteiger partial charge in [-0.2, -0.15) is 13.2 Å². The van der Waals surface area contributed by atoms with Crippen molar-refractivity contribution in [3.8, 4) is 0 Å². The molecule has 0 aliphatic carbocycles. The van der Waals surface area contributed by atoms with Crippen LogP contribution in [0.5, 0.6) is 0 Å². The van der Waals surface area contributed by atoms with Gasteiger partial charge in [0.15, 0.2) is 6.29 Å². The number of carbonyl (C=O) groups is 1. The molecule has 2 N–H and O–H groups in total. The highest BCUT2D eigenvalue weighted by Gasteiger charge is 2.36. The quantitative estimate of drug-likeness (QED) is 0.638. The minimum atomic E-state index is -4.93. The Morgan fingerprint density at radius 2 is 1.94 bits per heavy atom. The van der Waals surface area contributed by atoms with Gasteiger partial charge in [-0.15, -0.1) is 0 Å². The summed E-state index contributed by atoms with van der Waals surface area (Å²) >= 11 is 0. The van der Waals surface area contributed by atoms with Crippen LogP contribution in [0.2, 0.25) is 0 Å². The van der Waals surface area contributed by atoms with E-state index in [0.29, 0.717) is 0 Å². The molecule has 3 nitrogen and oxygen atoms in total. The number of alkyl halides is 5. The van der Waals surface area contributed by atoms with Crippen LogP contribution in [-0.2, 0) is 6.18 Å². The Labute approximate surface area is 86.1 Å². The number of hydrogen-bond donors (Lipinski definition) is 1. The molecule has 8 heteroatoms. The maximum atomic E-state index is 12.3. The lowest BCUT2D eigenvalue weighted by atomic mass is 10.1. The summed E-state index contributed by atoms with van der Waals surface area (Å²) in [5, 5.41) is 0. The molecule has 0 aliphatic heterocycles. The lowest BCUT2D eigenvalue weighted by molar-refractivity contribution is -0.138. The maximum absolute atomic E-state index is 12.3. The Morgan fingerprint density at radius 1 is 1.38 bits per heavy atom. The van der Waals surface area contributed by atoms with Crippen LogP contribution in [0, 0.1) is 0 Å². The number of carbonyl (C=O) groups excluding carboxylic acids is 1. The van der Waals surface area contributed by atoms with E-state index in [4.69, 9.17) is 5.73 Å². The molecule has 0 fully saturated rings. The third-order valence-electron chi connectivity index (χ3n) is 1.76. The van der Waals surface area contributed by atoms with E-state index >= 15 is 0 Å². The number of pyridine rings is 1. The van der Waals surface area contributed by atoms with E-state index < -0.39 is 35.2 Å². The van der Waals surface area contributed by atoms with Crippen molar-refractivity contribution in [3.63, 3.8) is 0 Å². The van der Waals surface area contributed by atoms with Crippen LogP contribution in [-0.4, -0.2) is 11.3 Å². The molecule has 0 radical (unpaired) electrons. The minimum absolute atomic E-state index is 0.136. The molecule has 0 saturated carbocycles. The average molecular weight is 240 g/mol. The molecule has 0 saturated heterocycles. The van der Waals surface area contributed by atoms with E-state index in [9.17, 15) is 26.7 Å². The van der Waals surface area contributed by atoms with Crippen LogP contribution >= 0.6 is 0 Å². The van der Waals surface area contributed by atoms with Crippen molar-refractivity contribution in [2.24, 2.45) is 0 Å². The molecule has 88 valence electrons. The lowest BCUT2D eigenvalue weighted by Crippen LogP contribution is -2.13. The number of rotatable bonds is 2. The van der Waals surface area contributed by atoms with E-state index in [1.165, 1.54) is 0 Å². The summed E-state index contributed by atoms with van der Waals surface area (Å²) < 4.78 is 61.5. The van der Waals surface area contributed by atoms with Crippen LogP contribution in [0.1, 0.15) is 28.0 Å². The summed E-state index contributed by atoms with van der Waals surface area (Å²) in [6, 6.07) is 0.136. The zero-order chi connectivity index (χ0) is 12.5. The first-order chi connectivity index (χ1) is 7.27. The summed E-state index contributed by atoms with van der Waals surface area (Å²) in [4.78, 5) is 13.3. The smallest absolute Gasteiger partial charge is 0.383 e. The van der Waals surface area contributed by atoms with Crippen molar-refractivity contribution in [1.82, 2.24) is 4.98 Å². The second-order valence-corrected chi connectivity index (χ2v) is 2.81. The number of aldehydes is 1. The normalized spacial score (nSPS) is 11.9. The molecule has 1 heterocycles. The standard InChI is InChI=1S/C8H5F5N2O/c9-6(10)3-1-4(8(11,12)13)5(2-16)15-7(3)14/h1-2,6H,(H2,14,15). The van der Waals surface area contributed by atoms with E-state index in [0.717, 1.165) is 0 Å². The van der Waals surface area contributed by atoms with Gasteiger partial charge in [-0.05, 0) is 6.07 Å². The van der Waals surface area contributed by atoms with Crippen LogP contribution in [0.3, 0.4) is 0 Å². The topological polar surface area (TPSA) is 56.0 Å². The molecule has 1 aromatic rings. The number of hydrogen-bond acceptors (Lipinski definition) is 3. The molecular formula is C8H5F5N2O. The van der Waals surface area contributed by atoms with Gasteiger partial charge in [-0.25, -0.2) is 13.8 Å². The molecule has 0 atom stereocenters. The van der Waals surface area contributed by atoms with Crippen molar-refractivity contribution in [2.45, 2.75) is 12.6 Å². The second kappa shape index (κ2) is 4.03. The fourth-order valence-corrected chi connectivity index (χ4v) is 1.05. The van der Waals surface area contributed by atoms with Crippen LogP contribution in [0.25, 0.3) is 0 Å². The third-order valence-corrected chi connectivity index (χ3v) is 1.76. The first-order valence-electron chi connectivity index (χ1n) is 3.88. The number of halogens is 5. The number of nitrogens with zero attached hydrogens (tertiary/aromatic N) is 1. The van der Waals surface area contributed by atoms with E-state index in [1.807, 2.05) is 0 Å². The van der Waals surface area contributed by atoms with Crippen molar-refractivity contribution < 1.29 is 26.7 Å². The van der Waals surface area contributed by atoms with Gasteiger partial charge < -0.3 is 5.73 Å². The molecule has 0 amide bonds. The predicted octanol–water partition coefficient (Wildman–Crippen LogP) is 2.43. The van der Waals surface area contributed by atoms with Gasteiger partial charge in [0.1, 0.15) is 11.5 Å². The minimum Gasteiger partial charge on any atom is -0.383 e. The Bertz CT molecular complexity index is 416. The number of anilines is 1. The number of nitrogens with two attached hydrogens (primary N) is 1. The Morgan fingerprint density at radius 3 is 2.31 bits per heavy atom. The maximum Gasteiger partial charge on any atom is 0.418 e. The van der Waals surface area contributed by atoms with Gasteiger partial charge in [0.05, 0.1) is 11.1 Å². The van der Waals surface area contributed by atoms with E-state index in [-0.39, 0.29) is 12.4 Å². The predicted molar refractivity (Wildman–Crippen MR) is 44.0 cm³/mol. The third kappa shape index (κ3) is 2.26. The Balaban J connectivity index is 3.47. The van der Waals surface area contributed by atoms with Crippen LogP contribution < -0.4 is 5.73 Å². The molecule has 0 aromatic carbocycles. The summed E-state index contributed by atoms with van der Waals surface area (Å²) in [5.41, 5.74) is 1.42.